The summed E-state index contributed by atoms with van der Waals surface area (Å²) in [4.78, 5) is 11.7. The molecule has 0 bridgehead atoms. The summed E-state index contributed by atoms with van der Waals surface area (Å²) in [5.74, 6) is 0.435. The molecule has 1 atom stereocenters. The highest BCUT2D eigenvalue weighted by molar-refractivity contribution is 5.67. The quantitative estimate of drug-likeness (QED) is 0.454. The molecule has 3 N–H and O–H groups in total. The first-order chi connectivity index (χ1) is 10.8. The van der Waals surface area contributed by atoms with Gasteiger partial charge in [-0.1, -0.05) is 54.4 Å². The van der Waals surface area contributed by atoms with Gasteiger partial charge in [-0.25, -0.2) is 4.79 Å². The van der Waals surface area contributed by atoms with Crippen LogP contribution in [0.3, 0.4) is 0 Å². The summed E-state index contributed by atoms with van der Waals surface area (Å²) in [6.45, 7) is 15.0. The van der Waals surface area contributed by atoms with Crippen molar-refractivity contribution in [3.8, 4) is 0 Å². The molecule has 23 heavy (non-hydrogen) atoms. The molecule has 0 heterocycles. The Morgan fingerprint density at radius 3 is 2.00 bits per heavy atom. The van der Waals surface area contributed by atoms with Crippen LogP contribution in [0.5, 0.6) is 0 Å². The molecule has 0 aliphatic rings. The molecule has 1 amide bonds. The summed E-state index contributed by atoms with van der Waals surface area (Å²) in [5, 5.41) is 9.67. The number of alkyl carbamates (subject to hydrolysis) is 1. The second-order valence-corrected chi connectivity index (χ2v) is 7.22. The van der Waals surface area contributed by atoms with E-state index in [2.05, 4.69) is 57.5 Å². The van der Waals surface area contributed by atoms with Gasteiger partial charge in [-0.15, -0.1) is 0 Å². The van der Waals surface area contributed by atoms with Crippen molar-refractivity contribution in [1.29, 1.82) is 0 Å². The molecule has 0 aliphatic carbocycles. The number of rotatable bonds is 13. The SMILES string of the molecule is CC(C)NCCCCCCNC(=O)OC[C@H](NC(C)C)C(C)C. The number of carbonyl (C=O) groups excluding carboxylic acids is 1. The van der Waals surface area contributed by atoms with Gasteiger partial charge in [-0.05, 0) is 25.3 Å². The number of hydrogen-bond donors (Lipinski definition) is 3. The average Bonchev–Trinajstić information content (AvgIpc) is 2.45. The van der Waals surface area contributed by atoms with Crippen LogP contribution in [0.1, 0.15) is 67.2 Å². The molecular weight excluding hydrogens is 290 g/mol. The van der Waals surface area contributed by atoms with Crippen molar-refractivity contribution in [2.45, 2.75) is 85.4 Å². The Morgan fingerprint density at radius 2 is 1.48 bits per heavy atom. The number of hydrogen-bond acceptors (Lipinski definition) is 4. The summed E-state index contributed by atoms with van der Waals surface area (Å²) < 4.78 is 5.32. The van der Waals surface area contributed by atoms with Crippen molar-refractivity contribution in [3.63, 3.8) is 0 Å². The molecule has 0 aromatic rings. The van der Waals surface area contributed by atoms with Gasteiger partial charge in [0, 0.05) is 24.7 Å². The van der Waals surface area contributed by atoms with Crippen LogP contribution in [0, 0.1) is 5.92 Å². The first kappa shape index (κ1) is 22.2. The van der Waals surface area contributed by atoms with Crippen LogP contribution in [-0.4, -0.2) is 43.9 Å². The Bertz CT molecular complexity index is 294. The van der Waals surface area contributed by atoms with Crippen molar-refractivity contribution in [2.75, 3.05) is 19.7 Å². The third kappa shape index (κ3) is 14.5. The largest absolute Gasteiger partial charge is 0.448 e. The highest BCUT2D eigenvalue weighted by Crippen LogP contribution is 2.04. The lowest BCUT2D eigenvalue weighted by Crippen LogP contribution is -2.43. The number of ether oxygens (including phenoxy) is 1. The fourth-order valence-electron chi connectivity index (χ4n) is 2.26. The maximum Gasteiger partial charge on any atom is 0.407 e. The Labute approximate surface area is 143 Å². The molecule has 138 valence electrons. The molecule has 0 fully saturated rings. The van der Waals surface area contributed by atoms with Crippen LogP contribution in [-0.2, 0) is 4.74 Å². The minimum atomic E-state index is -0.303. The van der Waals surface area contributed by atoms with E-state index in [-0.39, 0.29) is 12.1 Å². The molecular formula is C18H39N3O2. The van der Waals surface area contributed by atoms with E-state index in [1.165, 1.54) is 12.8 Å². The van der Waals surface area contributed by atoms with Crippen molar-refractivity contribution < 1.29 is 9.53 Å². The van der Waals surface area contributed by atoms with Crippen molar-refractivity contribution in [2.24, 2.45) is 5.92 Å². The molecule has 0 unspecified atom stereocenters. The monoisotopic (exact) mass is 329 g/mol. The first-order valence-corrected chi connectivity index (χ1v) is 9.23. The van der Waals surface area contributed by atoms with E-state index in [1.54, 1.807) is 0 Å². The lowest BCUT2D eigenvalue weighted by atomic mass is 10.0. The van der Waals surface area contributed by atoms with Crippen molar-refractivity contribution in [3.05, 3.63) is 0 Å². The van der Waals surface area contributed by atoms with Crippen LogP contribution in [0.25, 0.3) is 0 Å². The highest BCUT2D eigenvalue weighted by atomic mass is 16.5. The Kier molecular flexibility index (Phi) is 13.1. The molecule has 0 radical (unpaired) electrons. The molecule has 5 nitrogen and oxygen atoms in total. The highest BCUT2D eigenvalue weighted by Gasteiger charge is 2.16. The number of nitrogens with one attached hydrogen (secondary N) is 3. The predicted octanol–water partition coefficient (Wildman–Crippen LogP) is 3.29. The van der Waals surface area contributed by atoms with E-state index in [9.17, 15) is 4.79 Å². The summed E-state index contributed by atoms with van der Waals surface area (Å²) in [6.07, 6.45) is 4.24. The zero-order chi connectivity index (χ0) is 17.7. The third-order valence-electron chi connectivity index (χ3n) is 3.67. The summed E-state index contributed by atoms with van der Waals surface area (Å²) in [5.41, 5.74) is 0. The number of amides is 1. The van der Waals surface area contributed by atoms with E-state index >= 15 is 0 Å². The van der Waals surface area contributed by atoms with Crippen molar-refractivity contribution >= 4 is 6.09 Å². The lowest BCUT2D eigenvalue weighted by Gasteiger charge is -2.24. The molecule has 0 spiro atoms. The molecule has 0 aromatic heterocycles. The standard InChI is InChI=1S/C18H39N3O2/c1-14(2)17(21-16(5)6)13-23-18(22)20-12-10-8-7-9-11-19-15(3)4/h14-17,19,21H,7-13H2,1-6H3,(H,20,22)/t17-/m0/s1. The zero-order valence-electron chi connectivity index (χ0n) is 16.1. The van der Waals surface area contributed by atoms with Gasteiger partial charge in [-0.3, -0.25) is 0 Å². The summed E-state index contributed by atoms with van der Waals surface area (Å²) in [7, 11) is 0. The zero-order valence-corrected chi connectivity index (χ0v) is 16.1. The van der Waals surface area contributed by atoms with Gasteiger partial charge in [0.2, 0.25) is 0 Å². The van der Waals surface area contributed by atoms with Crippen LogP contribution < -0.4 is 16.0 Å². The van der Waals surface area contributed by atoms with E-state index in [4.69, 9.17) is 4.74 Å². The predicted molar refractivity (Wildman–Crippen MR) is 97.9 cm³/mol. The Balaban J connectivity index is 3.59. The molecule has 0 rings (SSSR count). The van der Waals surface area contributed by atoms with Gasteiger partial charge in [-0.2, -0.15) is 0 Å². The molecule has 0 saturated carbocycles. The number of unbranched alkanes of at least 4 members (excludes halogenated alkanes) is 3. The normalized spacial score (nSPS) is 12.9. The van der Waals surface area contributed by atoms with E-state index in [0.717, 1.165) is 19.4 Å². The Morgan fingerprint density at radius 1 is 0.870 bits per heavy atom. The molecule has 0 aromatic carbocycles. The molecule has 0 aliphatic heterocycles. The molecule has 5 heteroatoms. The maximum atomic E-state index is 11.7. The van der Waals surface area contributed by atoms with Crippen molar-refractivity contribution in [1.82, 2.24) is 16.0 Å². The van der Waals surface area contributed by atoms with Gasteiger partial charge in [0.15, 0.2) is 0 Å². The topological polar surface area (TPSA) is 62.4 Å². The third-order valence-corrected chi connectivity index (χ3v) is 3.67. The number of carbonyl (C=O) groups is 1. The van der Waals surface area contributed by atoms with Gasteiger partial charge < -0.3 is 20.7 Å². The minimum absolute atomic E-state index is 0.203. The first-order valence-electron chi connectivity index (χ1n) is 9.23. The van der Waals surface area contributed by atoms with Crippen LogP contribution in [0.15, 0.2) is 0 Å². The second kappa shape index (κ2) is 13.6. The van der Waals surface area contributed by atoms with Crippen LogP contribution >= 0.6 is 0 Å². The second-order valence-electron chi connectivity index (χ2n) is 7.22. The van der Waals surface area contributed by atoms with Crippen LogP contribution in [0.2, 0.25) is 0 Å². The smallest absolute Gasteiger partial charge is 0.407 e. The maximum absolute atomic E-state index is 11.7. The van der Waals surface area contributed by atoms with Gasteiger partial charge in [0.1, 0.15) is 6.61 Å². The summed E-state index contributed by atoms with van der Waals surface area (Å²) >= 11 is 0. The fourth-order valence-corrected chi connectivity index (χ4v) is 2.26. The molecule has 0 saturated heterocycles. The van der Waals surface area contributed by atoms with E-state index in [0.29, 0.717) is 31.2 Å². The minimum Gasteiger partial charge on any atom is -0.448 e. The fraction of sp³-hybridized carbons (Fsp3) is 0.944. The van der Waals surface area contributed by atoms with Gasteiger partial charge in [0.25, 0.3) is 0 Å². The Hall–Kier alpha value is -0.810. The van der Waals surface area contributed by atoms with Crippen LogP contribution in [0.4, 0.5) is 4.79 Å². The summed E-state index contributed by atoms with van der Waals surface area (Å²) in [6, 6.07) is 1.15. The van der Waals surface area contributed by atoms with E-state index < -0.39 is 0 Å². The van der Waals surface area contributed by atoms with Gasteiger partial charge in [0.05, 0.1) is 0 Å². The average molecular weight is 330 g/mol. The lowest BCUT2D eigenvalue weighted by molar-refractivity contribution is 0.122. The van der Waals surface area contributed by atoms with Gasteiger partial charge >= 0.3 is 6.09 Å². The van der Waals surface area contributed by atoms with E-state index in [1.807, 2.05) is 0 Å².